The van der Waals surface area contributed by atoms with Crippen molar-refractivity contribution in [2.24, 2.45) is 0 Å². The van der Waals surface area contributed by atoms with Crippen molar-refractivity contribution < 1.29 is 10.0 Å². The molecule has 4 heteroatoms. The maximum atomic E-state index is 9.52. The van der Waals surface area contributed by atoms with Gasteiger partial charge in [-0.1, -0.05) is 274 Å². The van der Waals surface area contributed by atoms with E-state index in [1.54, 1.807) is 6.07 Å². The molecule has 0 saturated heterocycles. The molecule has 0 heterocycles. The summed E-state index contributed by atoms with van der Waals surface area (Å²) in [5, 5.41) is 28.9. The minimum atomic E-state index is -1.46. The van der Waals surface area contributed by atoms with Crippen molar-refractivity contribution in [3.05, 3.63) is 294 Å². The molecule has 14 aromatic rings. The second-order valence-electron chi connectivity index (χ2n) is 24.6. The molecule has 408 valence electrons. The van der Waals surface area contributed by atoms with Gasteiger partial charge in [0.05, 0.1) is 0 Å². The molecule has 4 aliphatic carbocycles. The van der Waals surface area contributed by atoms with Gasteiger partial charge < -0.3 is 10.0 Å². The Morgan fingerprint density at radius 2 is 0.616 bits per heavy atom. The molecule has 0 bridgehead atoms. The highest BCUT2D eigenvalue weighted by molar-refractivity contribution is 9.10. The Labute approximate surface area is 510 Å². The van der Waals surface area contributed by atoms with E-state index in [2.05, 4.69) is 292 Å². The highest BCUT2D eigenvalue weighted by Gasteiger charge is 2.36. The summed E-state index contributed by atoms with van der Waals surface area (Å²) in [4.78, 5) is 0. The van der Waals surface area contributed by atoms with Crippen LogP contribution in [0.4, 0.5) is 0 Å². The minimum Gasteiger partial charge on any atom is -0.423 e. The summed E-state index contributed by atoms with van der Waals surface area (Å²) >= 11 is 3.56. The van der Waals surface area contributed by atoms with Gasteiger partial charge in [-0.15, -0.1) is 0 Å². The third-order valence-corrected chi connectivity index (χ3v) is 19.7. The van der Waals surface area contributed by atoms with Gasteiger partial charge in [0.2, 0.25) is 0 Å². The van der Waals surface area contributed by atoms with E-state index >= 15 is 0 Å². The van der Waals surface area contributed by atoms with Gasteiger partial charge in [-0.25, -0.2) is 0 Å². The maximum Gasteiger partial charge on any atom is 0.488 e. The highest BCUT2D eigenvalue weighted by Crippen LogP contribution is 2.53. The van der Waals surface area contributed by atoms with E-state index in [0.29, 0.717) is 5.46 Å². The zero-order valence-corrected chi connectivity index (χ0v) is 49.8. The Bertz CT molecular complexity index is 5120. The van der Waals surface area contributed by atoms with Crippen molar-refractivity contribution in [1.82, 2.24) is 0 Å². The first kappa shape index (κ1) is 52.2. The fourth-order valence-electron chi connectivity index (χ4n) is 14.9. The van der Waals surface area contributed by atoms with Crippen LogP contribution in [0.5, 0.6) is 0 Å². The van der Waals surface area contributed by atoms with Gasteiger partial charge in [0.25, 0.3) is 0 Å². The smallest absolute Gasteiger partial charge is 0.423 e. The van der Waals surface area contributed by atoms with E-state index in [-0.39, 0.29) is 10.8 Å². The van der Waals surface area contributed by atoms with E-state index in [1.165, 1.54) is 149 Å². The predicted molar refractivity (Wildman–Crippen MR) is 367 cm³/mol. The van der Waals surface area contributed by atoms with Gasteiger partial charge in [-0.3, -0.25) is 0 Å². The second-order valence-corrected chi connectivity index (χ2v) is 25.5. The molecule has 2 nitrogen and oxygen atoms in total. The first-order chi connectivity index (χ1) is 41.9. The van der Waals surface area contributed by atoms with Crippen LogP contribution < -0.4 is 5.46 Å². The number of hydrogen-bond donors (Lipinski definition) is 2. The Balaban J connectivity index is 0.000000115. The molecular weight excluding hydrogens is 1110 g/mol. The van der Waals surface area contributed by atoms with Crippen LogP contribution in [0.3, 0.4) is 0 Å². The molecule has 4 aliphatic rings. The van der Waals surface area contributed by atoms with Crippen molar-refractivity contribution in [2.45, 2.75) is 38.5 Å². The van der Waals surface area contributed by atoms with E-state index in [0.717, 1.165) is 20.8 Å². The fourth-order valence-corrected chi connectivity index (χ4v) is 15.2. The summed E-state index contributed by atoms with van der Waals surface area (Å²) < 4.78 is 1.16. The lowest BCUT2D eigenvalue weighted by atomic mass is 9.79. The molecule has 0 radical (unpaired) electrons. The normalized spacial score (nSPS) is 13.5. The van der Waals surface area contributed by atoms with Gasteiger partial charge in [0, 0.05) is 15.3 Å². The van der Waals surface area contributed by atoms with Crippen molar-refractivity contribution in [1.29, 1.82) is 0 Å². The van der Waals surface area contributed by atoms with Crippen molar-refractivity contribution in [3.8, 4) is 100 Å². The molecule has 0 saturated carbocycles. The number of halogens is 1. The molecule has 0 spiro atoms. The van der Waals surface area contributed by atoms with Gasteiger partial charge in [-0.2, -0.15) is 0 Å². The second kappa shape index (κ2) is 19.8. The van der Waals surface area contributed by atoms with Crippen LogP contribution >= 0.6 is 15.9 Å². The Morgan fingerprint density at radius 3 is 1.13 bits per heavy atom. The molecule has 0 aliphatic heterocycles. The Kier molecular flexibility index (Phi) is 12.0. The van der Waals surface area contributed by atoms with Crippen molar-refractivity contribution >= 4 is 71.6 Å². The standard InChI is InChI=1S/C41H28.C26H17BO2.C15H13Br/c1-41(2)38-13-6-5-10-33(38)34-19-18-27(24-39(34)41)26-16-14-25-15-17-28(23-29(25)22-26)30-20-21-37-32-9-4-3-8-31(32)36-12-7-11-35(30)40(36)37;28-27(29)19-11-10-16-8-9-17(14-18(16)15-19)20-12-13-25-22-5-2-1-4-21(22)24-7-3-6-23(20)26(24)25;1-15(2)13-6-4-3-5-11(13)12-8-7-10(16)9-14(12)15/h3-24H,1-2H3;1-15,28-29H;3-9H,1-2H3. The minimum absolute atomic E-state index is 0.00137. The third-order valence-electron chi connectivity index (χ3n) is 19.2. The van der Waals surface area contributed by atoms with Crippen LogP contribution in [-0.2, 0) is 10.8 Å². The van der Waals surface area contributed by atoms with Crippen LogP contribution in [0.25, 0.3) is 143 Å². The first-order valence-electron chi connectivity index (χ1n) is 29.8. The molecule has 0 unspecified atom stereocenters. The lowest BCUT2D eigenvalue weighted by Gasteiger charge is -2.22. The molecule has 0 aromatic heterocycles. The molecule has 0 atom stereocenters. The topological polar surface area (TPSA) is 40.5 Å². The summed E-state index contributed by atoms with van der Waals surface area (Å²) in [6, 6.07) is 96.7. The number of rotatable bonds is 4. The van der Waals surface area contributed by atoms with Crippen molar-refractivity contribution in [3.63, 3.8) is 0 Å². The highest BCUT2D eigenvalue weighted by atomic mass is 79.9. The van der Waals surface area contributed by atoms with Crippen LogP contribution in [0, 0.1) is 0 Å². The molecule has 86 heavy (non-hydrogen) atoms. The summed E-state index contributed by atoms with van der Waals surface area (Å²) in [6.07, 6.45) is 0. The van der Waals surface area contributed by atoms with E-state index < -0.39 is 7.12 Å². The number of fused-ring (bicyclic) bond motifs is 14. The summed E-state index contributed by atoms with van der Waals surface area (Å²) in [5.74, 6) is 0. The fraction of sp³-hybridized carbons (Fsp3) is 0.0732. The monoisotopic (exact) mass is 1160 g/mol. The molecule has 18 rings (SSSR count). The molecule has 0 fully saturated rings. The number of benzene rings is 14. The van der Waals surface area contributed by atoms with Crippen LogP contribution in [0.1, 0.15) is 49.9 Å². The lowest BCUT2D eigenvalue weighted by Crippen LogP contribution is -2.29. The van der Waals surface area contributed by atoms with Crippen LogP contribution in [0.15, 0.2) is 271 Å². The quantitative estimate of drug-likeness (QED) is 0.172. The number of hydrogen-bond acceptors (Lipinski definition) is 2. The van der Waals surface area contributed by atoms with Gasteiger partial charge in [0.15, 0.2) is 0 Å². The van der Waals surface area contributed by atoms with E-state index in [1.807, 2.05) is 12.1 Å². The van der Waals surface area contributed by atoms with Gasteiger partial charge in [-0.05, 0) is 207 Å². The van der Waals surface area contributed by atoms with Crippen molar-refractivity contribution in [2.75, 3.05) is 0 Å². The summed E-state index contributed by atoms with van der Waals surface area (Å²) in [7, 11) is -1.46. The average Bonchev–Trinajstić information content (AvgIpc) is 2.39. The summed E-state index contributed by atoms with van der Waals surface area (Å²) in [6.45, 7) is 9.30. The molecule has 14 aromatic carbocycles. The Morgan fingerprint density at radius 1 is 0.267 bits per heavy atom. The molecule has 2 N–H and O–H groups in total. The first-order valence-corrected chi connectivity index (χ1v) is 30.6. The largest absolute Gasteiger partial charge is 0.488 e. The zero-order chi connectivity index (χ0) is 58.2. The van der Waals surface area contributed by atoms with E-state index in [4.69, 9.17) is 0 Å². The zero-order valence-electron chi connectivity index (χ0n) is 48.3. The third kappa shape index (κ3) is 8.15. The summed E-state index contributed by atoms with van der Waals surface area (Å²) in [5.41, 5.74) is 29.8. The van der Waals surface area contributed by atoms with Crippen LogP contribution in [0.2, 0.25) is 0 Å². The predicted octanol–water partition coefficient (Wildman–Crippen LogP) is 21.0. The van der Waals surface area contributed by atoms with Gasteiger partial charge >= 0.3 is 7.12 Å². The lowest BCUT2D eigenvalue weighted by molar-refractivity contribution is 0.426. The molecule has 0 amide bonds. The van der Waals surface area contributed by atoms with E-state index in [9.17, 15) is 10.0 Å². The molecular formula is C82H58BBrO2. The maximum absolute atomic E-state index is 9.52. The SMILES string of the molecule is CC1(C)c2ccccc2-c2ccc(-c3ccc4ccc(-c5ccc6c7c(cccc57)-c5ccccc5-6)cc4c3)cc21.CC1(C)c2ccccc2-c2ccc(Br)cc21.OB(O)c1ccc2ccc(-c3ccc4c5c(cccc35)-c3ccccc3-4)cc2c1. The van der Waals surface area contributed by atoms with Gasteiger partial charge in [0.1, 0.15) is 0 Å². The average molecular weight is 1170 g/mol. The Hall–Kier alpha value is -9.42. The van der Waals surface area contributed by atoms with Crippen LogP contribution in [-0.4, -0.2) is 17.2 Å².